The van der Waals surface area contributed by atoms with E-state index in [0.29, 0.717) is 15.9 Å². The van der Waals surface area contributed by atoms with Crippen molar-refractivity contribution in [3.8, 4) is 5.69 Å². The summed E-state index contributed by atoms with van der Waals surface area (Å²) in [6.07, 6.45) is 1.62. The molecule has 3 rings (SSSR count). The third-order valence-corrected chi connectivity index (χ3v) is 7.33. The van der Waals surface area contributed by atoms with Crippen molar-refractivity contribution in [1.82, 2.24) is 14.8 Å². The van der Waals surface area contributed by atoms with Gasteiger partial charge in [-0.1, -0.05) is 53.2 Å². The molecule has 9 heteroatoms. The third-order valence-electron chi connectivity index (χ3n) is 3.70. The first-order valence-corrected chi connectivity index (χ1v) is 11.0. The molecule has 0 aliphatic rings. The second kappa shape index (κ2) is 8.00. The smallest absolute Gasteiger partial charge is 0.195 e. The van der Waals surface area contributed by atoms with Crippen molar-refractivity contribution in [2.45, 2.75) is 17.0 Å². The maximum Gasteiger partial charge on any atom is 0.195 e. The molecule has 136 valence electrons. The molecule has 1 heterocycles. The van der Waals surface area contributed by atoms with E-state index in [0.717, 1.165) is 11.3 Å². The Kier molecular flexibility index (Phi) is 5.92. The van der Waals surface area contributed by atoms with Gasteiger partial charge < -0.3 is 0 Å². The zero-order chi connectivity index (χ0) is 18.7. The van der Waals surface area contributed by atoms with Crippen LogP contribution < -0.4 is 0 Å². The summed E-state index contributed by atoms with van der Waals surface area (Å²) >= 11 is 13.2. The summed E-state index contributed by atoms with van der Waals surface area (Å²) < 4.78 is 26.9. The number of thioether (sulfide) groups is 1. The predicted octanol–water partition coefficient (Wildman–Crippen LogP) is 4.45. The van der Waals surface area contributed by atoms with E-state index < -0.39 is 9.84 Å². The number of aryl methyl sites for hydroxylation is 1. The van der Waals surface area contributed by atoms with Crippen LogP contribution in [0.25, 0.3) is 5.69 Å². The molecule has 0 N–H and O–H groups in total. The molecule has 0 aliphatic heterocycles. The fraction of sp³-hybridized carbons (Fsp3) is 0.176. The van der Waals surface area contributed by atoms with Crippen LogP contribution in [-0.4, -0.2) is 34.7 Å². The number of rotatable bonds is 6. The molecule has 0 radical (unpaired) electrons. The lowest BCUT2D eigenvalue weighted by molar-refractivity contribution is 0.597. The molecule has 0 fully saturated rings. The number of nitrogens with zero attached hydrogens (tertiary/aromatic N) is 3. The molecule has 0 aliphatic carbocycles. The minimum atomic E-state index is -3.55. The first-order valence-electron chi connectivity index (χ1n) is 7.65. The molecule has 0 saturated heterocycles. The van der Waals surface area contributed by atoms with Gasteiger partial charge in [-0.15, -0.1) is 10.2 Å². The second-order valence-electron chi connectivity index (χ2n) is 5.51. The Bertz CT molecular complexity index is 1040. The lowest BCUT2D eigenvalue weighted by atomic mass is 10.2. The van der Waals surface area contributed by atoms with Crippen molar-refractivity contribution in [3.05, 3.63) is 64.4 Å². The summed E-state index contributed by atoms with van der Waals surface area (Å²) in [4.78, 5) is 0.0487. The molecular weight excluding hydrogens is 413 g/mol. The molecule has 3 aromatic rings. The lowest BCUT2D eigenvalue weighted by Crippen LogP contribution is -2.10. The number of benzene rings is 2. The second-order valence-corrected chi connectivity index (χ2v) is 9.50. The van der Waals surface area contributed by atoms with E-state index in [9.17, 15) is 8.42 Å². The standard InChI is InChI=1S/C17H15Cl2N3O2S2/c1-12-4-2-3-5-15(12)22-11-20-21-17(22)25-8-9-26(23,24)16-10-13(18)6-7-14(16)19/h2-7,10-11H,8-9H2,1H3. The Labute approximate surface area is 166 Å². The summed E-state index contributed by atoms with van der Waals surface area (Å²) in [5.74, 6) is 0.230. The number of sulfone groups is 1. The van der Waals surface area contributed by atoms with E-state index >= 15 is 0 Å². The van der Waals surface area contributed by atoms with Gasteiger partial charge in [-0.3, -0.25) is 4.57 Å². The molecule has 0 amide bonds. The number of para-hydroxylation sites is 1. The summed E-state index contributed by atoms with van der Waals surface area (Å²) in [7, 11) is -3.55. The molecule has 0 bridgehead atoms. The summed E-state index contributed by atoms with van der Waals surface area (Å²) in [6, 6.07) is 12.3. The van der Waals surface area contributed by atoms with Gasteiger partial charge in [0.05, 0.1) is 21.4 Å². The fourth-order valence-corrected chi connectivity index (χ4v) is 5.77. The highest BCUT2D eigenvalue weighted by Gasteiger charge is 2.19. The molecule has 26 heavy (non-hydrogen) atoms. The van der Waals surface area contributed by atoms with Crippen molar-refractivity contribution in [1.29, 1.82) is 0 Å². The van der Waals surface area contributed by atoms with Gasteiger partial charge in [0.25, 0.3) is 0 Å². The number of hydrogen-bond donors (Lipinski definition) is 0. The quantitative estimate of drug-likeness (QED) is 0.543. The highest BCUT2D eigenvalue weighted by atomic mass is 35.5. The maximum atomic E-state index is 12.5. The van der Waals surface area contributed by atoms with Crippen LogP contribution in [0.4, 0.5) is 0 Å². The van der Waals surface area contributed by atoms with E-state index in [1.165, 1.54) is 23.9 Å². The number of hydrogen-bond acceptors (Lipinski definition) is 5. The Morgan fingerprint density at radius 2 is 1.92 bits per heavy atom. The van der Waals surface area contributed by atoms with Crippen LogP contribution in [0.3, 0.4) is 0 Å². The van der Waals surface area contributed by atoms with Crippen LogP contribution in [0.15, 0.2) is 58.8 Å². The highest BCUT2D eigenvalue weighted by Crippen LogP contribution is 2.27. The van der Waals surface area contributed by atoms with Crippen LogP contribution in [-0.2, 0) is 9.84 Å². The van der Waals surface area contributed by atoms with Gasteiger partial charge in [0.2, 0.25) is 0 Å². The van der Waals surface area contributed by atoms with E-state index in [-0.39, 0.29) is 15.7 Å². The Morgan fingerprint density at radius 1 is 1.15 bits per heavy atom. The van der Waals surface area contributed by atoms with E-state index in [1.54, 1.807) is 12.4 Å². The van der Waals surface area contributed by atoms with Gasteiger partial charge >= 0.3 is 0 Å². The number of halogens is 2. The minimum absolute atomic E-state index is 0.0487. The largest absolute Gasteiger partial charge is 0.276 e. The Balaban J connectivity index is 1.74. The van der Waals surface area contributed by atoms with Gasteiger partial charge in [-0.25, -0.2) is 8.42 Å². The van der Waals surface area contributed by atoms with E-state index in [1.807, 2.05) is 35.8 Å². The molecular formula is C17H15Cl2N3O2S2. The Morgan fingerprint density at radius 3 is 2.69 bits per heavy atom. The SMILES string of the molecule is Cc1ccccc1-n1cnnc1SCCS(=O)(=O)c1cc(Cl)ccc1Cl. The topological polar surface area (TPSA) is 64.8 Å². The first kappa shape index (κ1) is 19.2. The molecule has 1 aromatic heterocycles. The van der Waals surface area contributed by atoms with Gasteiger partial charge in [0.15, 0.2) is 15.0 Å². The van der Waals surface area contributed by atoms with Gasteiger partial charge in [-0.05, 0) is 36.8 Å². The summed E-state index contributed by atoms with van der Waals surface area (Å²) in [5, 5.41) is 9.17. The van der Waals surface area contributed by atoms with Gasteiger partial charge in [-0.2, -0.15) is 0 Å². The lowest BCUT2D eigenvalue weighted by Gasteiger charge is -2.09. The zero-order valence-corrected chi connectivity index (χ0v) is 16.9. The van der Waals surface area contributed by atoms with Crippen LogP contribution in [0.2, 0.25) is 10.0 Å². The van der Waals surface area contributed by atoms with E-state index in [4.69, 9.17) is 23.2 Å². The minimum Gasteiger partial charge on any atom is -0.276 e. The van der Waals surface area contributed by atoms with Crippen molar-refractivity contribution < 1.29 is 8.42 Å². The molecule has 2 aromatic carbocycles. The third kappa shape index (κ3) is 4.23. The monoisotopic (exact) mass is 427 g/mol. The van der Waals surface area contributed by atoms with Crippen molar-refractivity contribution in [2.75, 3.05) is 11.5 Å². The predicted molar refractivity (Wildman–Crippen MR) is 105 cm³/mol. The summed E-state index contributed by atoms with van der Waals surface area (Å²) in [6.45, 7) is 2.00. The van der Waals surface area contributed by atoms with Gasteiger partial charge in [0, 0.05) is 10.8 Å². The average Bonchev–Trinajstić information content (AvgIpc) is 3.05. The highest BCUT2D eigenvalue weighted by molar-refractivity contribution is 8.00. The van der Waals surface area contributed by atoms with Crippen LogP contribution in [0.5, 0.6) is 0 Å². The van der Waals surface area contributed by atoms with Crippen LogP contribution in [0, 0.1) is 6.92 Å². The maximum absolute atomic E-state index is 12.5. The number of aromatic nitrogens is 3. The first-order chi connectivity index (χ1) is 12.4. The van der Waals surface area contributed by atoms with E-state index in [2.05, 4.69) is 10.2 Å². The molecule has 0 saturated carbocycles. The Hall–Kier alpha value is -1.54. The molecule has 5 nitrogen and oxygen atoms in total. The molecule has 0 unspecified atom stereocenters. The van der Waals surface area contributed by atoms with Crippen molar-refractivity contribution in [3.63, 3.8) is 0 Å². The summed E-state index contributed by atoms with van der Waals surface area (Å²) in [5.41, 5.74) is 2.04. The van der Waals surface area contributed by atoms with Crippen LogP contribution in [0.1, 0.15) is 5.56 Å². The normalized spacial score (nSPS) is 11.7. The van der Waals surface area contributed by atoms with Crippen molar-refractivity contribution in [2.24, 2.45) is 0 Å². The van der Waals surface area contributed by atoms with Crippen molar-refractivity contribution >= 4 is 44.8 Å². The van der Waals surface area contributed by atoms with Gasteiger partial charge in [0.1, 0.15) is 6.33 Å². The van der Waals surface area contributed by atoms with Crippen LogP contribution >= 0.6 is 35.0 Å². The molecule has 0 spiro atoms. The molecule has 0 atom stereocenters. The average molecular weight is 428 g/mol. The zero-order valence-electron chi connectivity index (χ0n) is 13.8. The fourth-order valence-electron chi connectivity index (χ4n) is 2.39.